The maximum atomic E-state index is 13.3. The van der Waals surface area contributed by atoms with Gasteiger partial charge < -0.3 is 10.2 Å². The molecule has 0 bridgehead atoms. The molecule has 0 unspecified atom stereocenters. The lowest BCUT2D eigenvalue weighted by Crippen LogP contribution is -2.49. The van der Waals surface area contributed by atoms with Gasteiger partial charge in [-0.15, -0.1) is 10.2 Å². The number of pyridine rings is 1. The number of hydrogen-bond donors (Lipinski definition) is 1. The number of aromatic nitrogens is 3. The van der Waals surface area contributed by atoms with Crippen LogP contribution in [0.2, 0.25) is 0 Å². The Hall–Kier alpha value is -3.11. The Morgan fingerprint density at radius 3 is 2.33 bits per heavy atom. The monoisotopic (exact) mass is 428 g/mol. The van der Waals surface area contributed by atoms with E-state index in [2.05, 4.69) is 20.5 Å². The molecule has 0 atom stereocenters. The minimum atomic E-state index is -3.67. The molecule has 10 heteroatoms. The van der Waals surface area contributed by atoms with Crippen LogP contribution in [0.5, 0.6) is 0 Å². The molecule has 0 spiro atoms. The van der Waals surface area contributed by atoms with Gasteiger partial charge in [-0.25, -0.2) is 12.8 Å². The predicted octanol–water partition coefficient (Wildman–Crippen LogP) is 2.57. The van der Waals surface area contributed by atoms with Crippen molar-refractivity contribution in [3.8, 4) is 0 Å². The van der Waals surface area contributed by atoms with E-state index in [1.807, 2.05) is 29.2 Å². The fourth-order valence-corrected chi connectivity index (χ4v) is 4.97. The Labute approximate surface area is 174 Å². The van der Waals surface area contributed by atoms with Crippen LogP contribution in [0, 0.1) is 12.7 Å². The highest BCUT2D eigenvalue weighted by molar-refractivity contribution is 7.89. The molecule has 2 aromatic heterocycles. The summed E-state index contributed by atoms with van der Waals surface area (Å²) in [6, 6.07) is 11.1. The molecule has 0 aliphatic carbocycles. The van der Waals surface area contributed by atoms with E-state index < -0.39 is 15.8 Å². The van der Waals surface area contributed by atoms with Gasteiger partial charge in [-0.3, -0.25) is 4.98 Å². The second-order valence-electron chi connectivity index (χ2n) is 6.94. The molecule has 0 saturated carbocycles. The van der Waals surface area contributed by atoms with Crippen molar-refractivity contribution in [2.75, 3.05) is 36.4 Å². The van der Waals surface area contributed by atoms with Crippen LogP contribution in [0.3, 0.4) is 0 Å². The van der Waals surface area contributed by atoms with Gasteiger partial charge in [0.25, 0.3) is 0 Å². The number of nitrogens with zero attached hydrogens (tertiary/aromatic N) is 5. The van der Waals surface area contributed by atoms with Crippen molar-refractivity contribution >= 4 is 27.3 Å². The molecule has 30 heavy (non-hydrogen) atoms. The molecule has 8 nitrogen and oxygen atoms in total. The Bertz CT molecular complexity index is 1120. The lowest BCUT2D eigenvalue weighted by Gasteiger charge is -2.34. The molecule has 1 saturated heterocycles. The first-order valence-electron chi connectivity index (χ1n) is 9.45. The van der Waals surface area contributed by atoms with Gasteiger partial charge in [0.2, 0.25) is 10.0 Å². The smallest absolute Gasteiger partial charge is 0.243 e. The summed E-state index contributed by atoms with van der Waals surface area (Å²) in [6.07, 6.45) is 3.37. The lowest BCUT2D eigenvalue weighted by atomic mass is 10.2. The van der Waals surface area contributed by atoms with Crippen LogP contribution in [0.4, 0.5) is 21.7 Å². The van der Waals surface area contributed by atoms with Crippen molar-refractivity contribution in [3.05, 3.63) is 66.2 Å². The maximum Gasteiger partial charge on any atom is 0.243 e. The Kier molecular flexibility index (Phi) is 5.60. The highest BCUT2D eigenvalue weighted by Gasteiger charge is 2.30. The van der Waals surface area contributed by atoms with E-state index >= 15 is 0 Å². The fourth-order valence-electron chi connectivity index (χ4n) is 3.34. The molecule has 156 valence electrons. The van der Waals surface area contributed by atoms with Gasteiger partial charge >= 0.3 is 0 Å². The van der Waals surface area contributed by atoms with Crippen LogP contribution in [0.15, 0.2) is 59.8 Å². The van der Waals surface area contributed by atoms with Gasteiger partial charge in [-0.2, -0.15) is 4.31 Å². The molecule has 3 heterocycles. The molecule has 1 N–H and O–H groups in total. The largest absolute Gasteiger partial charge is 0.352 e. The van der Waals surface area contributed by atoms with Crippen LogP contribution >= 0.6 is 0 Å². The second kappa shape index (κ2) is 8.33. The van der Waals surface area contributed by atoms with Gasteiger partial charge in [0.1, 0.15) is 5.82 Å². The molecular weight excluding hydrogens is 407 g/mol. The molecule has 3 aromatic rings. The zero-order chi connectivity index (χ0) is 21.1. The molecule has 1 aliphatic heterocycles. The summed E-state index contributed by atoms with van der Waals surface area (Å²) < 4.78 is 40.6. The number of anilines is 3. The fraction of sp³-hybridized carbons (Fsp3) is 0.250. The van der Waals surface area contributed by atoms with E-state index in [0.29, 0.717) is 43.4 Å². The highest BCUT2D eigenvalue weighted by atomic mass is 32.2. The van der Waals surface area contributed by atoms with Crippen molar-refractivity contribution in [3.63, 3.8) is 0 Å². The van der Waals surface area contributed by atoms with Gasteiger partial charge in [0, 0.05) is 44.3 Å². The van der Waals surface area contributed by atoms with Crippen LogP contribution in [-0.2, 0) is 10.0 Å². The van der Waals surface area contributed by atoms with Gasteiger partial charge in [0.15, 0.2) is 11.6 Å². The van der Waals surface area contributed by atoms with Crippen molar-refractivity contribution in [1.82, 2.24) is 19.5 Å². The van der Waals surface area contributed by atoms with Crippen LogP contribution in [0.25, 0.3) is 0 Å². The maximum absolute atomic E-state index is 13.3. The molecule has 1 aliphatic rings. The normalized spacial score (nSPS) is 15.2. The summed E-state index contributed by atoms with van der Waals surface area (Å²) >= 11 is 0. The zero-order valence-corrected chi connectivity index (χ0v) is 17.2. The number of piperazine rings is 1. The average Bonchev–Trinajstić information content (AvgIpc) is 2.75. The van der Waals surface area contributed by atoms with Gasteiger partial charge in [-0.1, -0.05) is 0 Å². The predicted molar refractivity (Wildman–Crippen MR) is 112 cm³/mol. The minimum absolute atomic E-state index is 0.142. The molecule has 0 radical (unpaired) electrons. The van der Waals surface area contributed by atoms with E-state index in [0.717, 1.165) is 5.69 Å². The number of nitrogens with one attached hydrogen (secondary N) is 1. The first kappa shape index (κ1) is 20.2. The van der Waals surface area contributed by atoms with Gasteiger partial charge in [0.05, 0.1) is 4.90 Å². The average molecular weight is 428 g/mol. The number of sulfonamides is 1. The van der Waals surface area contributed by atoms with Crippen LogP contribution < -0.4 is 10.2 Å². The summed E-state index contributed by atoms with van der Waals surface area (Å²) in [5.41, 5.74) is 1.27. The summed E-state index contributed by atoms with van der Waals surface area (Å²) in [7, 11) is -3.67. The van der Waals surface area contributed by atoms with E-state index in [4.69, 9.17) is 0 Å². The highest BCUT2D eigenvalue weighted by Crippen LogP contribution is 2.23. The third-order valence-corrected chi connectivity index (χ3v) is 6.98. The van der Waals surface area contributed by atoms with E-state index in [1.54, 1.807) is 19.3 Å². The first-order chi connectivity index (χ1) is 14.4. The van der Waals surface area contributed by atoms with Crippen molar-refractivity contribution in [2.24, 2.45) is 0 Å². The first-order valence-corrected chi connectivity index (χ1v) is 10.9. The number of benzene rings is 1. The molecule has 0 amide bonds. The van der Waals surface area contributed by atoms with Crippen molar-refractivity contribution < 1.29 is 12.8 Å². The van der Waals surface area contributed by atoms with Crippen LogP contribution in [0.1, 0.15) is 5.56 Å². The second-order valence-corrected chi connectivity index (χ2v) is 8.84. The van der Waals surface area contributed by atoms with Crippen LogP contribution in [-0.4, -0.2) is 54.1 Å². The Balaban J connectivity index is 1.40. The summed E-state index contributed by atoms with van der Waals surface area (Å²) in [6.45, 7) is 3.22. The Morgan fingerprint density at radius 2 is 1.70 bits per heavy atom. The standard InChI is InChI=1S/C20H21FN6O2S/c1-15-14-16(21)2-3-18(15)30(28,29)27-12-10-26(11-13-27)20-5-4-19(24-25-20)23-17-6-8-22-9-7-17/h2-9,14H,10-13H2,1H3,(H,22,23,24). The Morgan fingerprint density at radius 1 is 0.967 bits per heavy atom. The SMILES string of the molecule is Cc1cc(F)ccc1S(=O)(=O)N1CCN(c2ccc(Nc3ccncc3)nn2)CC1. The zero-order valence-electron chi connectivity index (χ0n) is 16.4. The van der Waals surface area contributed by atoms with Crippen molar-refractivity contribution in [2.45, 2.75) is 11.8 Å². The number of aryl methyl sites for hydroxylation is 1. The van der Waals surface area contributed by atoms with Crippen molar-refractivity contribution in [1.29, 1.82) is 0 Å². The summed E-state index contributed by atoms with van der Waals surface area (Å²) in [4.78, 5) is 6.10. The number of hydrogen-bond acceptors (Lipinski definition) is 7. The van der Waals surface area contributed by atoms with Gasteiger partial charge in [-0.05, 0) is 55.0 Å². The lowest BCUT2D eigenvalue weighted by molar-refractivity contribution is 0.383. The summed E-state index contributed by atoms with van der Waals surface area (Å²) in [5.74, 6) is 0.847. The topological polar surface area (TPSA) is 91.3 Å². The quantitative estimate of drug-likeness (QED) is 0.668. The van der Waals surface area contributed by atoms with E-state index in [1.165, 1.54) is 22.5 Å². The number of halogens is 1. The molecule has 4 rings (SSSR count). The van der Waals surface area contributed by atoms with E-state index in [9.17, 15) is 12.8 Å². The third kappa shape index (κ3) is 4.24. The summed E-state index contributed by atoms with van der Waals surface area (Å²) in [5, 5.41) is 11.6. The molecule has 1 aromatic carbocycles. The third-order valence-electron chi connectivity index (χ3n) is 4.92. The molecular formula is C20H21FN6O2S. The minimum Gasteiger partial charge on any atom is -0.352 e. The number of rotatable bonds is 5. The molecule has 1 fully saturated rings. The van der Waals surface area contributed by atoms with E-state index in [-0.39, 0.29) is 4.90 Å².